The number of piperazine rings is 1. The van der Waals surface area contributed by atoms with Crippen molar-refractivity contribution in [3.8, 4) is 6.07 Å². The lowest BCUT2D eigenvalue weighted by molar-refractivity contribution is 0.247. The van der Waals surface area contributed by atoms with Crippen LogP contribution in [0.3, 0.4) is 0 Å². The minimum absolute atomic E-state index is 0.320. The Balaban J connectivity index is 1.69. The van der Waals surface area contributed by atoms with E-state index in [0.717, 1.165) is 56.1 Å². The summed E-state index contributed by atoms with van der Waals surface area (Å²) in [5.41, 5.74) is 1.11. The van der Waals surface area contributed by atoms with Crippen LogP contribution in [0, 0.1) is 11.3 Å². The summed E-state index contributed by atoms with van der Waals surface area (Å²) in [6.45, 7) is 5.68. The van der Waals surface area contributed by atoms with Crippen LogP contribution in [-0.4, -0.2) is 49.3 Å². The molecule has 1 aliphatic heterocycles. The maximum atomic E-state index is 9.08. The normalized spacial score (nSPS) is 16.3. The number of rotatable bonds is 7. The van der Waals surface area contributed by atoms with Crippen LogP contribution in [-0.2, 0) is 0 Å². The molecular formula is C15H23N3OS. The molecule has 0 bridgehead atoms. The van der Waals surface area contributed by atoms with Gasteiger partial charge in [-0.15, -0.1) is 11.3 Å². The molecule has 0 unspecified atom stereocenters. The molecule has 2 heterocycles. The highest BCUT2D eigenvalue weighted by atomic mass is 32.1. The summed E-state index contributed by atoms with van der Waals surface area (Å²) in [5, 5.41) is 19.8. The van der Waals surface area contributed by atoms with Gasteiger partial charge in [-0.25, -0.2) is 0 Å². The number of aliphatic hydroxyl groups excluding tert-OH is 1. The van der Waals surface area contributed by atoms with Crippen molar-refractivity contribution in [1.82, 2.24) is 4.90 Å². The van der Waals surface area contributed by atoms with Crippen molar-refractivity contribution in [3.63, 3.8) is 0 Å². The first-order valence-corrected chi connectivity index (χ1v) is 8.29. The van der Waals surface area contributed by atoms with Crippen molar-refractivity contribution in [2.24, 2.45) is 0 Å². The van der Waals surface area contributed by atoms with Crippen LogP contribution < -0.4 is 4.90 Å². The van der Waals surface area contributed by atoms with Gasteiger partial charge in [0, 0.05) is 32.8 Å². The first-order valence-electron chi connectivity index (χ1n) is 7.41. The van der Waals surface area contributed by atoms with E-state index >= 15 is 0 Å². The number of thiophene rings is 1. The van der Waals surface area contributed by atoms with Gasteiger partial charge in [0.05, 0.1) is 5.69 Å². The Kier molecular flexibility index (Phi) is 6.31. The Hall–Kier alpha value is -1.09. The molecule has 1 aromatic rings. The highest BCUT2D eigenvalue weighted by Gasteiger charge is 2.19. The minimum atomic E-state index is 0.320. The second-order valence-electron chi connectivity index (χ2n) is 5.21. The molecule has 0 aromatic carbocycles. The fraction of sp³-hybridized carbons (Fsp3) is 0.667. The lowest BCUT2D eigenvalue weighted by Crippen LogP contribution is -2.46. The number of aliphatic hydroxyl groups is 1. The molecule has 0 atom stereocenters. The molecule has 0 spiro atoms. The van der Waals surface area contributed by atoms with E-state index in [2.05, 4.69) is 21.9 Å². The molecule has 0 saturated carbocycles. The van der Waals surface area contributed by atoms with E-state index in [4.69, 9.17) is 10.4 Å². The summed E-state index contributed by atoms with van der Waals surface area (Å²) in [4.78, 5) is 5.67. The summed E-state index contributed by atoms with van der Waals surface area (Å²) >= 11 is 1.53. The molecule has 110 valence electrons. The zero-order valence-corrected chi connectivity index (χ0v) is 12.7. The van der Waals surface area contributed by atoms with Gasteiger partial charge in [0.15, 0.2) is 0 Å². The third-order valence-electron chi connectivity index (χ3n) is 3.84. The molecule has 20 heavy (non-hydrogen) atoms. The first-order chi connectivity index (χ1) is 9.85. The van der Waals surface area contributed by atoms with Crippen molar-refractivity contribution in [1.29, 1.82) is 5.26 Å². The molecule has 0 radical (unpaired) electrons. The summed E-state index contributed by atoms with van der Waals surface area (Å²) in [6, 6.07) is 4.34. The number of hydrogen-bond acceptors (Lipinski definition) is 5. The van der Waals surface area contributed by atoms with Crippen LogP contribution in [0.15, 0.2) is 11.4 Å². The van der Waals surface area contributed by atoms with Gasteiger partial charge in [0.1, 0.15) is 10.9 Å². The van der Waals surface area contributed by atoms with Gasteiger partial charge in [-0.2, -0.15) is 5.26 Å². The predicted octanol–water partition coefficient (Wildman–Crippen LogP) is 2.29. The lowest BCUT2D eigenvalue weighted by atomic mass is 10.2. The van der Waals surface area contributed by atoms with E-state index < -0.39 is 0 Å². The van der Waals surface area contributed by atoms with E-state index in [-0.39, 0.29) is 0 Å². The quantitative estimate of drug-likeness (QED) is 0.784. The predicted molar refractivity (Wildman–Crippen MR) is 83.2 cm³/mol. The zero-order chi connectivity index (χ0) is 14.2. The maximum absolute atomic E-state index is 9.08. The van der Waals surface area contributed by atoms with Gasteiger partial charge in [-0.3, -0.25) is 4.90 Å². The van der Waals surface area contributed by atoms with Crippen LogP contribution in [0.4, 0.5) is 5.69 Å². The Morgan fingerprint density at radius 3 is 2.60 bits per heavy atom. The fourth-order valence-corrected chi connectivity index (χ4v) is 3.35. The summed E-state index contributed by atoms with van der Waals surface area (Å²) in [7, 11) is 0. The zero-order valence-electron chi connectivity index (χ0n) is 11.9. The van der Waals surface area contributed by atoms with Crippen molar-refractivity contribution < 1.29 is 5.11 Å². The highest BCUT2D eigenvalue weighted by molar-refractivity contribution is 7.11. The number of unbranched alkanes of at least 4 members (excludes halogenated alkanes) is 3. The molecular weight excluding hydrogens is 270 g/mol. The van der Waals surface area contributed by atoms with Crippen LogP contribution in [0.1, 0.15) is 30.6 Å². The third kappa shape index (κ3) is 4.20. The molecule has 4 nitrogen and oxygen atoms in total. The number of hydrogen-bond donors (Lipinski definition) is 1. The molecule has 5 heteroatoms. The van der Waals surface area contributed by atoms with E-state index in [0.29, 0.717) is 6.61 Å². The molecule has 0 aliphatic carbocycles. The summed E-state index contributed by atoms with van der Waals surface area (Å²) in [6.07, 6.45) is 4.51. The third-order valence-corrected chi connectivity index (χ3v) is 4.65. The van der Waals surface area contributed by atoms with Gasteiger partial charge >= 0.3 is 0 Å². The molecule has 1 aromatic heterocycles. The van der Waals surface area contributed by atoms with Gasteiger partial charge in [0.2, 0.25) is 0 Å². The van der Waals surface area contributed by atoms with Crippen LogP contribution >= 0.6 is 11.3 Å². The van der Waals surface area contributed by atoms with Crippen LogP contribution in [0.5, 0.6) is 0 Å². The fourth-order valence-electron chi connectivity index (χ4n) is 2.65. The SMILES string of the molecule is N#Cc1sccc1N1CCN(CCCCCCO)CC1. The van der Waals surface area contributed by atoms with Crippen LogP contribution in [0.2, 0.25) is 0 Å². The van der Waals surface area contributed by atoms with Crippen molar-refractivity contribution >= 4 is 17.0 Å². The van der Waals surface area contributed by atoms with Gasteiger partial charge in [-0.1, -0.05) is 12.8 Å². The van der Waals surface area contributed by atoms with Crippen LogP contribution in [0.25, 0.3) is 0 Å². The van der Waals surface area contributed by atoms with E-state index in [1.807, 2.05) is 5.38 Å². The topological polar surface area (TPSA) is 50.5 Å². The largest absolute Gasteiger partial charge is 0.396 e. The lowest BCUT2D eigenvalue weighted by Gasteiger charge is -2.35. The second kappa shape index (κ2) is 8.25. The maximum Gasteiger partial charge on any atom is 0.128 e. The van der Waals surface area contributed by atoms with E-state index in [1.54, 1.807) is 0 Å². The Labute approximate surface area is 125 Å². The molecule has 1 fully saturated rings. The Bertz CT molecular complexity index is 433. The summed E-state index contributed by atoms with van der Waals surface area (Å²) < 4.78 is 0. The van der Waals surface area contributed by atoms with Gasteiger partial charge in [-0.05, 0) is 30.8 Å². The number of nitrogens with zero attached hydrogens (tertiary/aromatic N) is 3. The molecule has 2 rings (SSSR count). The molecule has 1 saturated heterocycles. The van der Waals surface area contributed by atoms with Gasteiger partial charge in [0.25, 0.3) is 0 Å². The Morgan fingerprint density at radius 2 is 1.90 bits per heavy atom. The van der Waals surface area contributed by atoms with Crippen molar-refractivity contribution in [2.45, 2.75) is 25.7 Å². The standard InChI is InChI=1S/C15H23N3OS/c16-13-15-14(5-12-20-15)18-9-7-17(8-10-18)6-3-1-2-4-11-19/h5,12,19H,1-4,6-11H2. The molecule has 0 amide bonds. The van der Waals surface area contributed by atoms with Crippen molar-refractivity contribution in [3.05, 3.63) is 16.3 Å². The average molecular weight is 293 g/mol. The summed E-state index contributed by atoms with van der Waals surface area (Å²) in [5.74, 6) is 0. The van der Waals surface area contributed by atoms with E-state index in [1.165, 1.54) is 24.2 Å². The average Bonchev–Trinajstić information content (AvgIpc) is 2.96. The number of nitriles is 1. The van der Waals surface area contributed by atoms with Crippen molar-refractivity contribution in [2.75, 3.05) is 44.2 Å². The minimum Gasteiger partial charge on any atom is -0.396 e. The highest BCUT2D eigenvalue weighted by Crippen LogP contribution is 2.26. The monoisotopic (exact) mass is 293 g/mol. The smallest absolute Gasteiger partial charge is 0.128 e. The molecule has 1 N–H and O–H groups in total. The number of anilines is 1. The van der Waals surface area contributed by atoms with E-state index in [9.17, 15) is 0 Å². The van der Waals surface area contributed by atoms with Gasteiger partial charge < -0.3 is 10.0 Å². The Morgan fingerprint density at radius 1 is 1.15 bits per heavy atom. The second-order valence-corrected chi connectivity index (χ2v) is 6.13. The molecule has 1 aliphatic rings. The first kappa shape index (κ1) is 15.3.